The van der Waals surface area contributed by atoms with Crippen molar-refractivity contribution in [1.29, 1.82) is 0 Å². The van der Waals surface area contributed by atoms with E-state index in [9.17, 15) is 4.39 Å². The molecular weight excluding hydrogens is 227 g/mol. The highest BCUT2D eigenvalue weighted by Crippen LogP contribution is 2.29. The number of aliphatic hydroxyl groups excluding tert-OH is 1. The van der Waals surface area contributed by atoms with Crippen molar-refractivity contribution in [2.75, 3.05) is 6.61 Å². The summed E-state index contributed by atoms with van der Waals surface area (Å²) in [5.41, 5.74) is 1.73. The topological polar surface area (TPSA) is 46.0 Å². The second-order valence-corrected chi connectivity index (χ2v) is 3.97. The molecule has 0 aliphatic heterocycles. The van der Waals surface area contributed by atoms with Crippen LogP contribution in [0, 0.1) is 0 Å². The van der Waals surface area contributed by atoms with E-state index in [0.717, 1.165) is 17.2 Å². The number of hydrogen-bond donors (Lipinski definition) is 1. The van der Waals surface area contributed by atoms with Crippen molar-refractivity contribution in [3.8, 4) is 11.1 Å². The van der Waals surface area contributed by atoms with Crippen LogP contribution in [0.3, 0.4) is 0 Å². The molecule has 2 aromatic heterocycles. The number of hydrogen-bond acceptors (Lipinski definition) is 4. The van der Waals surface area contributed by atoms with Crippen molar-refractivity contribution >= 4 is 17.2 Å². The predicted molar refractivity (Wildman–Crippen MR) is 61.5 cm³/mol. The summed E-state index contributed by atoms with van der Waals surface area (Å²) in [6.07, 6.45) is 5.93. The van der Waals surface area contributed by atoms with Gasteiger partial charge >= 0.3 is 0 Å². The van der Waals surface area contributed by atoms with Crippen LogP contribution in [-0.4, -0.2) is 21.7 Å². The summed E-state index contributed by atoms with van der Waals surface area (Å²) in [6, 6.07) is 1.71. The molecule has 2 rings (SSSR count). The van der Waals surface area contributed by atoms with Gasteiger partial charge in [-0.15, -0.1) is 11.3 Å². The third-order valence-corrected chi connectivity index (χ3v) is 2.94. The standard InChI is InChI=1S/C11H9FN2OS/c12-10(1-2-15)11-3-8(6-16-11)9-4-13-7-14-5-9/h1,3-7,15H,2H2. The molecule has 16 heavy (non-hydrogen) atoms. The van der Waals surface area contributed by atoms with Gasteiger partial charge in [-0.3, -0.25) is 0 Å². The maximum Gasteiger partial charge on any atom is 0.138 e. The van der Waals surface area contributed by atoms with E-state index in [1.54, 1.807) is 18.5 Å². The number of aliphatic hydroxyl groups is 1. The van der Waals surface area contributed by atoms with Crippen molar-refractivity contribution in [3.63, 3.8) is 0 Å². The minimum Gasteiger partial charge on any atom is -0.392 e. The van der Waals surface area contributed by atoms with Gasteiger partial charge < -0.3 is 5.11 Å². The van der Waals surface area contributed by atoms with E-state index in [1.807, 2.05) is 5.38 Å². The Hall–Kier alpha value is -1.59. The van der Waals surface area contributed by atoms with E-state index in [0.29, 0.717) is 4.88 Å². The Bertz CT molecular complexity index is 496. The van der Waals surface area contributed by atoms with Gasteiger partial charge in [-0.1, -0.05) is 0 Å². The Kier molecular flexibility index (Phi) is 3.38. The Balaban J connectivity index is 2.30. The SMILES string of the molecule is OCC=C(F)c1cc(-c2cncnc2)cs1. The Morgan fingerprint density at radius 2 is 2.12 bits per heavy atom. The van der Waals surface area contributed by atoms with E-state index >= 15 is 0 Å². The number of thiophene rings is 1. The molecule has 0 fully saturated rings. The van der Waals surface area contributed by atoms with Crippen LogP contribution in [0.5, 0.6) is 0 Å². The fourth-order valence-corrected chi connectivity index (χ4v) is 2.09. The van der Waals surface area contributed by atoms with Gasteiger partial charge in [0.2, 0.25) is 0 Å². The van der Waals surface area contributed by atoms with Gasteiger partial charge in [0.25, 0.3) is 0 Å². The molecule has 0 saturated carbocycles. The summed E-state index contributed by atoms with van der Waals surface area (Å²) >= 11 is 1.28. The average Bonchev–Trinajstić information content (AvgIpc) is 2.80. The van der Waals surface area contributed by atoms with Crippen molar-refractivity contribution in [3.05, 3.63) is 41.1 Å². The quantitative estimate of drug-likeness (QED) is 0.890. The lowest BCUT2D eigenvalue weighted by atomic mass is 10.2. The van der Waals surface area contributed by atoms with E-state index in [-0.39, 0.29) is 6.61 Å². The molecular formula is C11H9FN2OS. The minimum atomic E-state index is -0.407. The second kappa shape index (κ2) is 4.96. The molecule has 5 heteroatoms. The largest absolute Gasteiger partial charge is 0.392 e. The summed E-state index contributed by atoms with van der Waals surface area (Å²) in [5, 5.41) is 10.4. The first kappa shape index (κ1) is 10.9. The van der Waals surface area contributed by atoms with Gasteiger partial charge in [0, 0.05) is 18.0 Å². The molecule has 0 aliphatic rings. The molecule has 0 bridgehead atoms. The third-order valence-electron chi connectivity index (χ3n) is 2.00. The zero-order chi connectivity index (χ0) is 11.4. The van der Waals surface area contributed by atoms with Gasteiger partial charge in [0.1, 0.15) is 12.2 Å². The highest BCUT2D eigenvalue weighted by atomic mass is 32.1. The van der Waals surface area contributed by atoms with Gasteiger partial charge in [-0.25, -0.2) is 14.4 Å². The Morgan fingerprint density at radius 1 is 1.38 bits per heavy atom. The molecule has 0 radical (unpaired) electrons. The van der Waals surface area contributed by atoms with Crippen LogP contribution in [0.15, 0.2) is 36.2 Å². The second-order valence-electron chi connectivity index (χ2n) is 3.06. The van der Waals surface area contributed by atoms with Gasteiger partial charge in [0.15, 0.2) is 0 Å². The first-order chi connectivity index (χ1) is 7.81. The van der Waals surface area contributed by atoms with Crippen LogP contribution in [0.25, 0.3) is 17.0 Å². The first-order valence-corrected chi connectivity index (χ1v) is 5.50. The third kappa shape index (κ3) is 2.32. The lowest BCUT2D eigenvalue weighted by Crippen LogP contribution is -1.79. The van der Waals surface area contributed by atoms with Crippen molar-refractivity contribution in [2.24, 2.45) is 0 Å². The van der Waals surface area contributed by atoms with Crippen LogP contribution in [0.2, 0.25) is 0 Å². The Labute approximate surface area is 95.9 Å². The fourth-order valence-electron chi connectivity index (χ4n) is 1.24. The van der Waals surface area contributed by atoms with Crippen molar-refractivity contribution in [2.45, 2.75) is 0 Å². The zero-order valence-electron chi connectivity index (χ0n) is 8.30. The van der Waals surface area contributed by atoms with Crippen molar-refractivity contribution in [1.82, 2.24) is 9.97 Å². The minimum absolute atomic E-state index is 0.298. The molecule has 2 aromatic rings. The Morgan fingerprint density at radius 3 is 2.81 bits per heavy atom. The van der Waals surface area contributed by atoms with Crippen LogP contribution >= 0.6 is 11.3 Å². The summed E-state index contributed by atoms with van der Waals surface area (Å²) in [5.74, 6) is -0.407. The predicted octanol–water partition coefficient (Wildman–Crippen LogP) is 2.51. The molecule has 1 N–H and O–H groups in total. The summed E-state index contributed by atoms with van der Waals surface area (Å²) in [4.78, 5) is 8.29. The normalized spacial score (nSPS) is 11.8. The monoisotopic (exact) mass is 236 g/mol. The van der Waals surface area contributed by atoms with Gasteiger partial charge in [0.05, 0.1) is 11.5 Å². The molecule has 0 spiro atoms. The van der Waals surface area contributed by atoms with Crippen LogP contribution in [0.4, 0.5) is 4.39 Å². The maximum absolute atomic E-state index is 13.3. The van der Waals surface area contributed by atoms with E-state index in [1.165, 1.54) is 17.7 Å². The molecule has 3 nitrogen and oxygen atoms in total. The summed E-state index contributed by atoms with van der Waals surface area (Å²) in [7, 11) is 0. The van der Waals surface area contributed by atoms with Crippen LogP contribution < -0.4 is 0 Å². The maximum atomic E-state index is 13.3. The summed E-state index contributed by atoms with van der Waals surface area (Å²) in [6.45, 7) is -0.298. The van der Waals surface area contributed by atoms with Crippen LogP contribution in [0.1, 0.15) is 4.88 Å². The van der Waals surface area contributed by atoms with E-state index < -0.39 is 5.83 Å². The fraction of sp³-hybridized carbons (Fsp3) is 0.0909. The van der Waals surface area contributed by atoms with Crippen molar-refractivity contribution < 1.29 is 9.50 Å². The first-order valence-electron chi connectivity index (χ1n) is 4.62. The summed E-state index contributed by atoms with van der Waals surface area (Å²) < 4.78 is 13.3. The average molecular weight is 236 g/mol. The molecule has 0 saturated heterocycles. The van der Waals surface area contributed by atoms with E-state index in [2.05, 4.69) is 9.97 Å². The molecule has 0 unspecified atom stereocenters. The lowest BCUT2D eigenvalue weighted by Gasteiger charge is -1.93. The molecule has 82 valence electrons. The molecule has 0 aromatic carbocycles. The smallest absolute Gasteiger partial charge is 0.138 e. The molecule has 0 aliphatic carbocycles. The molecule has 0 amide bonds. The number of rotatable bonds is 3. The number of nitrogens with zero attached hydrogens (tertiary/aromatic N) is 2. The van der Waals surface area contributed by atoms with Crippen LogP contribution in [-0.2, 0) is 0 Å². The number of halogens is 1. The van der Waals surface area contributed by atoms with E-state index in [4.69, 9.17) is 5.11 Å². The number of aromatic nitrogens is 2. The highest BCUT2D eigenvalue weighted by Gasteiger charge is 2.06. The zero-order valence-corrected chi connectivity index (χ0v) is 9.12. The highest BCUT2D eigenvalue weighted by molar-refractivity contribution is 7.11. The molecule has 0 atom stereocenters. The van der Waals surface area contributed by atoms with Gasteiger partial charge in [-0.05, 0) is 23.1 Å². The lowest BCUT2D eigenvalue weighted by molar-refractivity contribution is 0.342. The molecule has 2 heterocycles. The van der Waals surface area contributed by atoms with Gasteiger partial charge in [-0.2, -0.15) is 0 Å².